The van der Waals surface area contributed by atoms with E-state index >= 15 is 0 Å². The van der Waals surface area contributed by atoms with Crippen molar-refractivity contribution in [3.63, 3.8) is 0 Å². The van der Waals surface area contributed by atoms with Crippen molar-refractivity contribution in [3.8, 4) is 0 Å². The van der Waals surface area contributed by atoms with Gasteiger partial charge >= 0.3 is 6.03 Å². The molecule has 0 unspecified atom stereocenters. The number of nitrogens with one attached hydrogen (secondary N) is 1. The average molecular weight is 285 g/mol. The van der Waals surface area contributed by atoms with Crippen LogP contribution in [0.4, 0.5) is 4.79 Å². The van der Waals surface area contributed by atoms with Crippen LogP contribution in [-0.2, 0) is 13.1 Å². The van der Waals surface area contributed by atoms with Crippen molar-refractivity contribution in [1.82, 2.24) is 15.1 Å². The van der Waals surface area contributed by atoms with Crippen LogP contribution in [0.1, 0.15) is 36.8 Å². The van der Waals surface area contributed by atoms with Gasteiger partial charge in [0.1, 0.15) is 0 Å². The van der Waals surface area contributed by atoms with Gasteiger partial charge in [-0.1, -0.05) is 24.3 Å². The fourth-order valence-corrected chi connectivity index (χ4v) is 3.59. The van der Waals surface area contributed by atoms with Crippen LogP contribution >= 0.6 is 0 Å². The Balaban J connectivity index is 1.29. The number of piperidine rings is 1. The number of hydrogen-bond acceptors (Lipinski definition) is 2. The van der Waals surface area contributed by atoms with Crippen LogP contribution in [0.5, 0.6) is 0 Å². The van der Waals surface area contributed by atoms with Crippen molar-refractivity contribution in [2.24, 2.45) is 0 Å². The summed E-state index contributed by atoms with van der Waals surface area (Å²) in [6.45, 7) is 3.80. The van der Waals surface area contributed by atoms with Crippen LogP contribution < -0.4 is 5.32 Å². The number of hydrogen-bond donors (Lipinski definition) is 1. The average Bonchev–Trinajstić information content (AvgIpc) is 3.26. The number of amides is 2. The molecule has 3 aliphatic rings. The zero-order valence-corrected chi connectivity index (χ0v) is 12.4. The third-order valence-electron chi connectivity index (χ3n) is 5.05. The molecule has 2 fully saturated rings. The highest BCUT2D eigenvalue weighted by atomic mass is 16.2. The van der Waals surface area contributed by atoms with Gasteiger partial charge in [-0.3, -0.25) is 0 Å². The Labute approximate surface area is 126 Å². The molecule has 2 amide bonds. The largest absolute Gasteiger partial charge is 0.335 e. The lowest BCUT2D eigenvalue weighted by Gasteiger charge is -2.33. The Morgan fingerprint density at radius 2 is 1.62 bits per heavy atom. The molecule has 2 heterocycles. The van der Waals surface area contributed by atoms with Crippen molar-refractivity contribution in [2.45, 2.75) is 50.9 Å². The van der Waals surface area contributed by atoms with Crippen molar-refractivity contribution >= 4 is 6.03 Å². The molecule has 4 heteroatoms. The molecule has 0 aromatic heterocycles. The SMILES string of the molecule is O=C(NC1CCN(C2CC2)CC1)N1Cc2ccccc2C1. The molecular formula is C17H23N3O. The monoisotopic (exact) mass is 285 g/mol. The van der Waals surface area contributed by atoms with E-state index in [2.05, 4.69) is 22.3 Å². The highest BCUT2D eigenvalue weighted by Crippen LogP contribution is 2.29. The maximum Gasteiger partial charge on any atom is 0.318 e. The second-order valence-electron chi connectivity index (χ2n) is 6.62. The lowest BCUT2D eigenvalue weighted by Crippen LogP contribution is -2.48. The minimum absolute atomic E-state index is 0.107. The molecule has 4 rings (SSSR count). The van der Waals surface area contributed by atoms with E-state index in [1.165, 1.54) is 24.0 Å². The molecule has 0 radical (unpaired) electrons. The number of likely N-dealkylation sites (tertiary alicyclic amines) is 1. The zero-order chi connectivity index (χ0) is 14.2. The molecule has 1 N–H and O–H groups in total. The smallest absolute Gasteiger partial charge is 0.318 e. The zero-order valence-electron chi connectivity index (χ0n) is 12.4. The number of urea groups is 1. The predicted molar refractivity (Wildman–Crippen MR) is 81.8 cm³/mol. The van der Waals surface area contributed by atoms with Gasteiger partial charge in [0, 0.05) is 38.3 Å². The summed E-state index contributed by atoms with van der Waals surface area (Å²) in [6.07, 6.45) is 4.96. The standard InChI is InChI=1S/C17H23N3O/c21-17(20-11-13-3-1-2-4-14(13)12-20)18-15-7-9-19(10-8-15)16-5-6-16/h1-4,15-16H,5-12H2,(H,18,21). The fourth-order valence-electron chi connectivity index (χ4n) is 3.59. The van der Waals surface area contributed by atoms with E-state index < -0.39 is 0 Å². The number of fused-ring (bicyclic) bond motifs is 1. The first-order chi connectivity index (χ1) is 10.3. The van der Waals surface area contributed by atoms with E-state index in [1.807, 2.05) is 17.0 Å². The summed E-state index contributed by atoms with van der Waals surface area (Å²) < 4.78 is 0. The van der Waals surface area contributed by atoms with Gasteiger partial charge in [0.25, 0.3) is 0 Å². The van der Waals surface area contributed by atoms with Gasteiger partial charge in [0.2, 0.25) is 0 Å². The van der Waals surface area contributed by atoms with E-state index in [-0.39, 0.29) is 6.03 Å². The van der Waals surface area contributed by atoms with E-state index in [9.17, 15) is 4.79 Å². The first kappa shape index (κ1) is 13.1. The van der Waals surface area contributed by atoms with Gasteiger partial charge in [-0.05, 0) is 36.8 Å². The number of nitrogens with zero attached hydrogens (tertiary/aromatic N) is 2. The third kappa shape index (κ3) is 2.77. The van der Waals surface area contributed by atoms with Gasteiger partial charge in [-0.2, -0.15) is 0 Å². The molecule has 2 aliphatic heterocycles. The van der Waals surface area contributed by atoms with Crippen LogP contribution in [0.25, 0.3) is 0 Å². The quantitative estimate of drug-likeness (QED) is 0.905. The first-order valence-electron chi connectivity index (χ1n) is 8.16. The van der Waals surface area contributed by atoms with Gasteiger partial charge in [-0.25, -0.2) is 4.79 Å². The van der Waals surface area contributed by atoms with Crippen molar-refractivity contribution < 1.29 is 4.79 Å². The number of carbonyl (C=O) groups excluding carboxylic acids is 1. The predicted octanol–water partition coefficient (Wildman–Crippen LogP) is 2.34. The van der Waals surface area contributed by atoms with Gasteiger partial charge in [0.05, 0.1) is 0 Å². The number of carbonyl (C=O) groups is 1. The summed E-state index contributed by atoms with van der Waals surface area (Å²) in [5.41, 5.74) is 2.58. The highest BCUT2D eigenvalue weighted by Gasteiger charge is 2.32. The van der Waals surface area contributed by atoms with Crippen LogP contribution in [0.2, 0.25) is 0 Å². The summed E-state index contributed by atoms with van der Waals surface area (Å²) >= 11 is 0. The Morgan fingerprint density at radius 3 is 2.19 bits per heavy atom. The molecule has 1 aliphatic carbocycles. The minimum Gasteiger partial charge on any atom is -0.335 e. The molecule has 1 aromatic rings. The topological polar surface area (TPSA) is 35.6 Å². The highest BCUT2D eigenvalue weighted by molar-refractivity contribution is 5.75. The molecule has 0 bridgehead atoms. The van der Waals surface area contributed by atoms with Crippen molar-refractivity contribution in [3.05, 3.63) is 35.4 Å². The van der Waals surface area contributed by atoms with Crippen molar-refractivity contribution in [1.29, 1.82) is 0 Å². The molecule has 1 aromatic carbocycles. The molecular weight excluding hydrogens is 262 g/mol. The lowest BCUT2D eigenvalue weighted by molar-refractivity contribution is 0.168. The van der Waals surface area contributed by atoms with E-state index in [4.69, 9.17) is 0 Å². The molecule has 0 atom stereocenters. The summed E-state index contributed by atoms with van der Waals surface area (Å²) in [4.78, 5) is 16.9. The van der Waals surface area contributed by atoms with E-state index in [0.29, 0.717) is 6.04 Å². The second-order valence-corrected chi connectivity index (χ2v) is 6.62. The van der Waals surface area contributed by atoms with E-state index in [0.717, 1.165) is 45.1 Å². The first-order valence-corrected chi connectivity index (χ1v) is 8.16. The molecule has 1 saturated heterocycles. The Kier molecular flexibility index (Phi) is 3.34. The number of rotatable bonds is 2. The molecule has 21 heavy (non-hydrogen) atoms. The Hall–Kier alpha value is -1.55. The summed E-state index contributed by atoms with van der Waals surface area (Å²) in [5.74, 6) is 0. The summed E-state index contributed by atoms with van der Waals surface area (Å²) in [7, 11) is 0. The minimum atomic E-state index is 0.107. The van der Waals surface area contributed by atoms with Crippen LogP contribution in [-0.4, -0.2) is 41.0 Å². The van der Waals surface area contributed by atoms with E-state index in [1.54, 1.807) is 0 Å². The second kappa shape index (κ2) is 5.34. The summed E-state index contributed by atoms with van der Waals surface area (Å²) in [5, 5.41) is 3.24. The molecule has 1 saturated carbocycles. The number of benzene rings is 1. The van der Waals surface area contributed by atoms with Gasteiger partial charge in [-0.15, -0.1) is 0 Å². The maximum atomic E-state index is 12.4. The van der Waals surface area contributed by atoms with Crippen LogP contribution in [0, 0.1) is 0 Å². The molecule has 4 nitrogen and oxygen atoms in total. The normalized spacial score (nSPS) is 23.1. The maximum absolute atomic E-state index is 12.4. The van der Waals surface area contributed by atoms with Gasteiger partial charge < -0.3 is 15.1 Å². The van der Waals surface area contributed by atoms with Crippen LogP contribution in [0.15, 0.2) is 24.3 Å². The Morgan fingerprint density at radius 1 is 1.00 bits per heavy atom. The summed E-state index contributed by atoms with van der Waals surface area (Å²) in [6, 6.07) is 9.66. The van der Waals surface area contributed by atoms with Crippen LogP contribution in [0.3, 0.4) is 0 Å². The third-order valence-corrected chi connectivity index (χ3v) is 5.05. The fraction of sp³-hybridized carbons (Fsp3) is 0.588. The molecule has 0 spiro atoms. The lowest BCUT2D eigenvalue weighted by atomic mass is 10.1. The molecule has 112 valence electrons. The Bertz CT molecular complexity index is 508. The van der Waals surface area contributed by atoms with Gasteiger partial charge in [0.15, 0.2) is 0 Å². The van der Waals surface area contributed by atoms with Crippen molar-refractivity contribution in [2.75, 3.05) is 13.1 Å².